The van der Waals surface area contributed by atoms with Gasteiger partial charge in [0.1, 0.15) is 5.67 Å². The first kappa shape index (κ1) is 16.9. The van der Waals surface area contributed by atoms with Crippen molar-refractivity contribution < 1.29 is 4.39 Å². The highest BCUT2D eigenvalue weighted by Crippen LogP contribution is 2.14. The number of halogens is 1. The van der Waals surface area contributed by atoms with Crippen LogP contribution in [0.4, 0.5) is 4.39 Å². The minimum Gasteiger partial charge on any atom is -0.388 e. The first-order chi connectivity index (χ1) is 8.10. The molecule has 0 spiro atoms. The summed E-state index contributed by atoms with van der Waals surface area (Å²) < 4.78 is 13.1. The average Bonchev–Trinajstić information content (AvgIpc) is 2.17. The molecule has 0 aliphatic carbocycles. The van der Waals surface area contributed by atoms with Gasteiger partial charge in [-0.1, -0.05) is 51.7 Å². The quantitative estimate of drug-likeness (QED) is 0.644. The molecule has 0 bridgehead atoms. The smallest absolute Gasteiger partial charge is 0.109 e. The number of nitrogens with one attached hydrogen (secondary N) is 1. The van der Waals surface area contributed by atoms with Crippen molar-refractivity contribution in [3.8, 4) is 0 Å². The molecule has 0 atom stereocenters. The second kappa shape index (κ2) is 7.40. The molecule has 0 saturated carbocycles. The third-order valence-electron chi connectivity index (χ3n) is 2.22. The van der Waals surface area contributed by atoms with Crippen molar-refractivity contribution in [2.24, 2.45) is 5.41 Å². The van der Waals surface area contributed by atoms with Crippen LogP contribution < -0.4 is 5.32 Å². The summed E-state index contributed by atoms with van der Waals surface area (Å²) in [4.78, 5) is 0. The molecule has 0 unspecified atom stereocenters. The van der Waals surface area contributed by atoms with Crippen LogP contribution in [0.25, 0.3) is 0 Å². The minimum absolute atomic E-state index is 0.263. The van der Waals surface area contributed by atoms with Gasteiger partial charge in [0, 0.05) is 18.7 Å². The second-order valence-corrected chi connectivity index (χ2v) is 6.50. The predicted octanol–water partition coefficient (Wildman–Crippen LogP) is 4.78. The van der Waals surface area contributed by atoms with Crippen LogP contribution in [0.3, 0.4) is 0 Å². The van der Waals surface area contributed by atoms with Gasteiger partial charge in [0.2, 0.25) is 0 Å². The summed E-state index contributed by atoms with van der Waals surface area (Å²) in [5.41, 5.74) is 0.155. The summed E-state index contributed by atoms with van der Waals surface area (Å²) in [5.74, 6) is 0. The van der Waals surface area contributed by atoms with Crippen molar-refractivity contribution in [3.63, 3.8) is 0 Å². The summed E-state index contributed by atoms with van der Waals surface area (Å²) >= 11 is 0. The molecular formula is C16H28FN. The highest BCUT2D eigenvalue weighted by Gasteiger charge is 2.11. The zero-order valence-corrected chi connectivity index (χ0v) is 12.5. The topological polar surface area (TPSA) is 12.0 Å². The van der Waals surface area contributed by atoms with Gasteiger partial charge >= 0.3 is 0 Å². The number of rotatable bonds is 7. The summed E-state index contributed by atoms with van der Waals surface area (Å²) in [6.07, 6.45) is 8.95. The van der Waals surface area contributed by atoms with Gasteiger partial charge in [-0.15, -0.1) is 0 Å². The third kappa shape index (κ3) is 13.0. The maximum absolute atomic E-state index is 13.1. The van der Waals surface area contributed by atoms with Crippen molar-refractivity contribution in [1.82, 2.24) is 5.32 Å². The normalized spacial score (nSPS) is 13.4. The molecule has 0 aromatic rings. The van der Waals surface area contributed by atoms with E-state index in [2.05, 4.69) is 32.7 Å². The van der Waals surface area contributed by atoms with Crippen molar-refractivity contribution in [3.05, 3.63) is 36.6 Å². The molecule has 0 aliphatic heterocycles. The monoisotopic (exact) mass is 253 g/mol. The van der Waals surface area contributed by atoms with E-state index in [-0.39, 0.29) is 5.41 Å². The van der Waals surface area contributed by atoms with Gasteiger partial charge in [-0.2, -0.15) is 0 Å². The molecule has 1 N–H and O–H groups in total. The van der Waals surface area contributed by atoms with Gasteiger partial charge < -0.3 is 5.32 Å². The zero-order chi connectivity index (χ0) is 14.2. The molecule has 0 saturated heterocycles. The molecule has 1 nitrogen and oxygen atoms in total. The van der Waals surface area contributed by atoms with E-state index in [0.29, 0.717) is 6.42 Å². The van der Waals surface area contributed by atoms with Crippen LogP contribution in [-0.4, -0.2) is 12.2 Å². The van der Waals surface area contributed by atoms with E-state index in [1.165, 1.54) is 0 Å². The van der Waals surface area contributed by atoms with Crippen molar-refractivity contribution in [2.45, 2.75) is 53.1 Å². The number of allylic oxidation sites excluding steroid dienone is 4. The molecule has 0 rings (SSSR count). The molecule has 0 fully saturated rings. The lowest BCUT2D eigenvalue weighted by Crippen LogP contribution is -2.25. The Morgan fingerprint density at radius 3 is 2.17 bits per heavy atom. The molecule has 2 heteroatoms. The Morgan fingerprint density at radius 1 is 1.11 bits per heavy atom. The average molecular weight is 253 g/mol. The van der Waals surface area contributed by atoms with Crippen LogP contribution in [0.1, 0.15) is 47.5 Å². The Morgan fingerprint density at radius 2 is 1.67 bits per heavy atom. The van der Waals surface area contributed by atoms with Crippen molar-refractivity contribution in [2.75, 3.05) is 6.54 Å². The largest absolute Gasteiger partial charge is 0.388 e. The van der Waals surface area contributed by atoms with Gasteiger partial charge in [-0.3, -0.25) is 0 Å². The van der Waals surface area contributed by atoms with Crippen molar-refractivity contribution >= 4 is 0 Å². The van der Waals surface area contributed by atoms with Crippen molar-refractivity contribution in [1.29, 1.82) is 0 Å². The van der Waals surface area contributed by atoms with E-state index in [4.69, 9.17) is 0 Å². The van der Waals surface area contributed by atoms with E-state index in [1.807, 2.05) is 24.3 Å². The van der Waals surface area contributed by atoms with Gasteiger partial charge in [0.15, 0.2) is 0 Å². The highest BCUT2D eigenvalue weighted by molar-refractivity contribution is 5.08. The van der Waals surface area contributed by atoms with Gasteiger partial charge in [-0.25, -0.2) is 4.39 Å². The second-order valence-electron chi connectivity index (χ2n) is 6.50. The molecule has 0 radical (unpaired) electrons. The Hall–Kier alpha value is -1.05. The summed E-state index contributed by atoms with van der Waals surface area (Å²) in [6, 6.07) is 0. The van der Waals surface area contributed by atoms with Gasteiger partial charge in [0.05, 0.1) is 0 Å². The van der Waals surface area contributed by atoms with Crippen LogP contribution in [0.2, 0.25) is 0 Å². The summed E-state index contributed by atoms with van der Waals surface area (Å²) in [6.45, 7) is 14.6. The van der Waals surface area contributed by atoms with Crippen LogP contribution in [0, 0.1) is 5.41 Å². The number of alkyl halides is 1. The summed E-state index contributed by atoms with van der Waals surface area (Å²) in [7, 11) is 0. The molecule has 0 aliphatic rings. The van der Waals surface area contributed by atoms with Gasteiger partial charge in [0.25, 0.3) is 0 Å². The first-order valence-corrected chi connectivity index (χ1v) is 6.52. The Bertz CT molecular complexity index is 300. The first-order valence-electron chi connectivity index (χ1n) is 6.52. The minimum atomic E-state index is -1.12. The highest BCUT2D eigenvalue weighted by atomic mass is 19.1. The molecule has 0 aromatic heterocycles. The maximum atomic E-state index is 13.1. The zero-order valence-electron chi connectivity index (χ0n) is 12.5. The Kier molecular flexibility index (Phi) is 6.97. The number of hydrogen-bond acceptors (Lipinski definition) is 1. The van der Waals surface area contributed by atoms with E-state index in [9.17, 15) is 4.39 Å². The van der Waals surface area contributed by atoms with Crippen LogP contribution in [0.5, 0.6) is 0 Å². The van der Waals surface area contributed by atoms with E-state index < -0.39 is 5.67 Å². The van der Waals surface area contributed by atoms with Crippen LogP contribution in [0.15, 0.2) is 36.6 Å². The summed E-state index contributed by atoms with van der Waals surface area (Å²) in [5, 5.41) is 3.31. The predicted molar refractivity (Wildman–Crippen MR) is 79.3 cm³/mol. The SMILES string of the molecule is C=C(C/C=C\C=C/CC(C)(C)F)NCC(C)(C)C. The number of hydrogen-bond donors (Lipinski definition) is 1. The molecule has 0 amide bonds. The fourth-order valence-corrected chi connectivity index (χ4v) is 1.18. The lowest BCUT2D eigenvalue weighted by molar-refractivity contribution is 0.221. The Labute approximate surface area is 112 Å². The molecule has 18 heavy (non-hydrogen) atoms. The lowest BCUT2D eigenvalue weighted by Gasteiger charge is -2.20. The van der Waals surface area contributed by atoms with E-state index in [1.54, 1.807) is 13.8 Å². The van der Waals surface area contributed by atoms with E-state index >= 15 is 0 Å². The fraction of sp³-hybridized carbons (Fsp3) is 0.625. The van der Waals surface area contributed by atoms with Crippen LogP contribution in [-0.2, 0) is 0 Å². The van der Waals surface area contributed by atoms with Gasteiger partial charge in [-0.05, 0) is 25.7 Å². The van der Waals surface area contributed by atoms with Crippen LogP contribution >= 0.6 is 0 Å². The molecule has 0 aromatic carbocycles. The maximum Gasteiger partial charge on any atom is 0.109 e. The fourth-order valence-electron chi connectivity index (χ4n) is 1.18. The molecular weight excluding hydrogens is 225 g/mol. The molecule has 0 heterocycles. The Balaban J connectivity index is 3.79. The lowest BCUT2D eigenvalue weighted by atomic mass is 9.97. The van der Waals surface area contributed by atoms with E-state index in [0.717, 1.165) is 18.7 Å². The molecule has 104 valence electrons. The third-order valence-corrected chi connectivity index (χ3v) is 2.22. The standard InChI is InChI=1S/C16H28FN/c1-14(18-13-15(2,3)4)11-9-7-8-10-12-16(5,6)17/h7-10,18H,1,11-13H2,2-6H3/b9-7-,10-8-.